The Labute approximate surface area is 81.9 Å². The third-order valence-corrected chi connectivity index (χ3v) is 3.29. The predicted molar refractivity (Wildman–Crippen MR) is 55.3 cm³/mol. The van der Waals surface area contributed by atoms with Crippen LogP contribution in [0.4, 0.5) is 5.69 Å². The summed E-state index contributed by atoms with van der Waals surface area (Å²) in [6, 6.07) is 6.13. The van der Waals surface area contributed by atoms with Gasteiger partial charge in [0.15, 0.2) is 0 Å². The van der Waals surface area contributed by atoms with Crippen LogP contribution < -0.4 is 4.90 Å². The van der Waals surface area contributed by atoms with Crippen LogP contribution in [0.15, 0.2) is 23.1 Å². The van der Waals surface area contributed by atoms with Gasteiger partial charge in [0.2, 0.25) is 5.91 Å². The lowest BCUT2D eigenvalue weighted by molar-refractivity contribution is -0.116. The van der Waals surface area contributed by atoms with Gasteiger partial charge in [-0.15, -0.1) is 11.8 Å². The Balaban J connectivity index is 2.57. The summed E-state index contributed by atoms with van der Waals surface area (Å²) in [7, 11) is 1.84. The van der Waals surface area contributed by atoms with Crippen molar-refractivity contribution in [3.63, 3.8) is 0 Å². The highest BCUT2D eigenvalue weighted by molar-refractivity contribution is 8.00. The molecule has 0 atom stereocenters. The molecule has 2 nitrogen and oxygen atoms in total. The molecule has 0 fully saturated rings. The molecular formula is C10H11NOS. The molecular weight excluding hydrogens is 182 g/mol. The van der Waals surface area contributed by atoms with Crippen molar-refractivity contribution in [1.82, 2.24) is 0 Å². The van der Waals surface area contributed by atoms with Crippen molar-refractivity contribution in [3.05, 3.63) is 23.8 Å². The number of para-hydroxylation sites is 1. The molecule has 13 heavy (non-hydrogen) atoms. The molecule has 1 heterocycles. The van der Waals surface area contributed by atoms with Gasteiger partial charge in [-0.2, -0.15) is 0 Å². The van der Waals surface area contributed by atoms with E-state index in [1.54, 1.807) is 16.7 Å². The fourth-order valence-electron chi connectivity index (χ4n) is 1.54. The molecule has 0 bridgehead atoms. The quantitative estimate of drug-likeness (QED) is 0.628. The van der Waals surface area contributed by atoms with Gasteiger partial charge in [-0.25, -0.2) is 0 Å². The molecule has 0 spiro atoms. The van der Waals surface area contributed by atoms with Gasteiger partial charge in [-0.1, -0.05) is 12.1 Å². The molecule has 1 aromatic rings. The maximum atomic E-state index is 11.4. The number of hydrogen-bond donors (Lipinski definition) is 0. The Morgan fingerprint density at radius 3 is 3.00 bits per heavy atom. The lowest BCUT2D eigenvalue weighted by Gasteiger charge is -2.26. The third kappa shape index (κ3) is 1.33. The highest BCUT2D eigenvalue weighted by Gasteiger charge is 2.22. The number of nitrogens with zero attached hydrogens (tertiary/aromatic N) is 1. The zero-order chi connectivity index (χ0) is 9.42. The molecule has 0 saturated heterocycles. The fourth-order valence-corrected chi connectivity index (χ4v) is 2.62. The van der Waals surface area contributed by atoms with E-state index in [0.717, 1.165) is 5.69 Å². The number of carbonyl (C=O) groups excluding carboxylic acids is 1. The van der Waals surface area contributed by atoms with Crippen molar-refractivity contribution >= 4 is 23.4 Å². The van der Waals surface area contributed by atoms with Gasteiger partial charge in [-0.05, 0) is 18.6 Å². The highest BCUT2D eigenvalue weighted by atomic mass is 32.2. The topological polar surface area (TPSA) is 20.3 Å². The predicted octanol–water partition coefficient (Wildman–Crippen LogP) is 2.06. The van der Waals surface area contributed by atoms with E-state index in [4.69, 9.17) is 0 Å². The second-order valence-electron chi connectivity index (χ2n) is 3.16. The smallest absolute Gasteiger partial charge is 0.237 e. The minimum atomic E-state index is 0.187. The molecule has 0 radical (unpaired) electrons. The summed E-state index contributed by atoms with van der Waals surface area (Å²) in [4.78, 5) is 14.4. The van der Waals surface area contributed by atoms with Gasteiger partial charge in [0, 0.05) is 11.9 Å². The van der Waals surface area contributed by atoms with E-state index in [-0.39, 0.29) is 5.91 Å². The number of fused-ring (bicyclic) bond motifs is 1. The number of thioether (sulfide) groups is 1. The minimum absolute atomic E-state index is 0.187. The van der Waals surface area contributed by atoms with E-state index in [9.17, 15) is 4.79 Å². The molecule has 0 aromatic heterocycles. The lowest BCUT2D eigenvalue weighted by Crippen LogP contribution is -2.31. The van der Waals surface area contributed by atoms with Crippen LogP contribution in [0.1, 0.15) is 5.56 Å². The number of amides is 1. The highest BCUT2D eigenvalue weighted by Crippen LogP contribution is 2.36. The summed E-state index contributed by atoms with van der Waals surface area (Å²) in [5, 5.41) is 0. The zero-order valence-corrected chi connectivity index (χ0v) is 8.52. The first-order valence-electron chi connectivity index (χ1n) is 4.19. The maximum Gasteiger partial charge on any atom is 0.237 e. The summed E-state index contributed by atoms with van der Waals surface area (Å²) < 4.78 is 0. The van der Waals surface area contributed by atoms with Gasteiger partial charge in [0.1, 0.15) is 0 Å². The molecule has 2 rings (SSSR count). The first-order valence-corrected chi connectivity index (χ1v) is 5.17. The van der Waals surface area contributed by atoms with Crippen LogP contribution in [0.2, 0.25) is 0 Å². The van der Waals surface area contributed by atoms with Crippen LogP contribution in [0.3, 0.4) is 0 Å². The van der Waals surface area contributed by atoms with Crippen molar-refractivity contribution in [2.24, 2.45) is 0 Å². The number of anilines is 1. The maximum absolute atomic E-state index is 11.4. The van der Waals surface area contributed by atoms with Gasteiger partial charge in [0.05, 0.1) is 11.4 Å². The van der Waals surface area contributed by atoms with Crippen molar-refractivity contribution in [3.8, 4) is 0 Å². The van der Waals surface area contributed by atoms with Gasteiger partial charge in [-0.3, -0.25) is 4.79 Å². The normalized spacial score (nSPS) is 15.8. The van der Waals surface area contributed by atoms with E-state index in [0.29, 0.717) is 5.75 Å². The van der Waals surface area contributed by atoms with E-state index in [1.165, 1.54) is 10.5 Å². The van der Waals surface area contributed by atoms with Crippen molar-refractivity contribution in [1.29, 1.82) is 0 Å². The fraction of sp³-hybridized carbons (Fsp3) is 0.300. The van der Waals surface area contributed by atoms with E-state index in [1.807, 2.05) is 26.1 Å². The summed E-state index contributed by atoms with van der Waals surface area (Å²) in [5.74, 6) is 0.749. The molecule has 68 valence electrons. The molecule has 0 unspecified atom stereocenters. The van der Waals surface area contributed by atoms with Gasteiger partial charge < -0.3 is 4.90 Å². The van der Waals surface area contributed by atoms with E-state index < -0.39 is 0 Å². The van der Waals surface area contributed by atoms with E-state index >= 15 is 0 Å². The summed E-state index contributed by atoms with van der Waals surface area (Å²) >= 11 is 1.62. The van der Waals surface area contributed by atoms with Crippen molar-refractivity contribution in [2.45, 2.75) is 11.8 Å². The first-order chi connectivity index (χ1) is 6.20. The molecule has 0 saturated carbocycles. The third-order valence-electron chi connectivity index (χ3n) is 2.26. The van der Waals surface area contributed by atoms with Crippen molar-refractivity contribution < 1.29 is 4.79 Å². The van der Waals surface area contributed by atoms with Crippen LogP contribution in [-0.4, -0.2) is 18.7 Å². The molecule has 0 N–H and O–H groups in total. The number of carbonyl (C=O) groups is 1. The van der Waals surface area contributed by atoms with Gasteiger partial charge >= 0.3 is 0 Å². The zero-order valence-electron chi connectivity index (χ0n) is 7.70. The van der Waals surface area contributed by atoms with Crippen molar-refractivity contribution in [2.75, 3.05) is 17.7 Å². The molecule has 0 aliphatic carbocycles. The molecule has 3 heteroatoms. The molecule has 1 aliphatic heterocycles. The Kier molecular flexibility index (Phi) is 2.04. The summed E-state index contributed by atoms with van der Waals surface area (Å²) in [6.45, 7) is 2.04. The number of aryl methyl sites for hydroxylation is 1. The average molecular weight is 193 g/mol. The Morgan fingerprint density at radius 1 is 1.46 bits per heavy atom. The monoisotopic (exact) mass is 193 g/mol. The lowest BCUT2D eigenvalue weighted by atomic mass is 10.2. The number of rotatable bonds is 0. The number of benzene rings is 1. The van der Waals surface area contributed by atoms with Crippen LogP contribution in [0, 0.1) is 6.92 Å². The summed E-state index contributed by atoms with van der Waals surface area (Å²) in [6.07, 6.45) is 0. The van der Waals surface area contributed by atoms with Crippen LogP contribution in [0.5, 0.6) is 0 Å². The standard InChI is InChI=1S/C10H11NOS/c1-7-4-3-5-8-10(7)11(2)9(12)6-13-8/h3-5H,6H2,1-2H3. The summed E-state index contributed by atoms with van der Waals surface area (Å²) in [5.41, 5.74) is 2.24. The Morgan fingerprint density at radius 2 is 2.23 bits per heavy atom. The SMILES string of the molecule is Cc1cccc2c1N(C)C(=O)CS2. The average Bonchev–Trinajstić information content (AvgIpc) is 2.12. The van der Waals surface area contributed by atoms with Crippen LogP contribution in [-0.2, 0) is 4.79 Å². The Bertz CT molecular complexity index is 362. The Hall–Kier alpha value is -0.960. The molecule has 1 amide bonds. The minimum Gasteiger partial charge on any atom is -0.313 e. The largest absolute Gasteiger partial charge is 0.313 e. The molecule has 1 aromatic carbocycles. The van der Waals surface area contributed by atoms with E-state index in [2.05, 4.69) is 6.07 Å². The first kappa shape index (κ1) is 8.63. The van der Waals surface area contributed by atoms with Crippen LogP contribution in [0.25, 0.3) is 0 Å². The second kappa shape index (κ2) is 3.07. The number of hydrogen-bond acceptors (Lipinski definition) is 2. The second-order valence-corrected chi connectivity index (χ2v) is 4.18. The van der Waals surface area contributed by atoms with Crippen LogP contribution >= 0.6 is 11.8 Å². The molecule has 1 aliphatic rings. The van der Waals surface area contributed by atoms with Gasteiger partial charge in [0.25, 0.3) is 0 Å².